The summed E-state index contributed by atoms with van der Waals surface area (Å²) in [6.45, 7) is 0.346. The van der Waals surface area contributed by atoms with Crippen molar-refractivity contribution in [1.29, 1.82) is 0 Å². The molecule has 2 aromatic carbocycles. The van der Waals surface area contributed by atoms with Gasteiger partial charge >= 0.3 is 0 Å². The summed E-state index contributed by atoms with van der Waals surface area (Å²) >= 11 is 0. The highest BCUT2D eigenvalue weighted by atomic mass is 19.1. The number of methoxy groups -OCH3 is 1. The van der Waals surface area contributed by atoms with Crippen LogP contribution in [0.1, 0.15) is 22.2 Å². The highest BCUT2D eigenvalue weighted by Gasteiger charge is 2.22. The Balaban J connectivity index is 1.67. The minimum atomic E-state index is -0.343. The molecule has 0 aliphatic carbocycles. The third kappa shape index (κ3) is 4.96. The van der Waals surface area contributed by atoms with E-state index in [0.29, 0.717) is 29.2 Å². The molecule has 0 aliphatic heterocycles. The number of carbonyl (C=O) groups excluding carboxylic acids is 1. The van der Waals surface area contributed by atoms with Gasteiger partial charge in [0.15, 0.2) is 0 Å². The maximum Gasteiger partial charge on any atom is 0.255 e. The summed E-state index contributed by atoms with van der Waals surface area (Å²) in [6, 6.07) is 16.8. The van der Waals surface area contributed by atoms with Gasteiger partial charge in [0.1, 0.15) is 23.0 Å². The first-order chi connectivity index (χ1) is 16.0. The van der Waals surface area contributed by atoms with Gasteiger partial charge in [-0.15, -0.1) is 0 Å². The SMILES string of the molecule is COc1cccc(-c2nn(-c3ccc(F)cc3)cc2C(=O)NCC(c2ccco2)N(C)C)c1. The predicted octanol–water partition coefficient (Wildman–Crippen LogP) is 4.31. The Kier molecular flexibility index (Phi) is 6.55. The molecule has 0 aliphatic rings. The average Bonchev–Trinajstić information content (AvgIpc) is 3.50. The van der Waals surface area contributed by atoms with Gasteiger partial charge in [-0.25, -0.2) is 9.07 Å². The molecule has 0 saturated carbocycles. The lowest BCUT2D eigenvalue weighted by Crippen LogP contribution is -2.34. The molecule has 0 saturated heterocycles. The summed E-state index contributed by atoms with van der Waals surface area (Å²) in [5, 5.41) is 7.63. The summed E-state index contributed by atoms with van der Waals surface area (Å²) in [5.41, 5.74) is 2.26. The fourth-order valence-corrected chi connectivity index (χ4v) is 3.55. The highest BCUT2D eigenvalue weighted by Crippen LogP contribution is 2.27. The van der Waals surface area contributed by atoms with Crippen LogP contribution in [0.2, 0.25) is 0 Å². The molecular formula is C25H25FN4O3. The second-order valence-corrected chi connectivity index (χ2v) is 7.75. The summed E-state index contributed by atoms with van der Waals surface area (Å²) in [4.78, 5) is 15.3. The molecule has 2 aromatic heterocycles. The number of amides is 1. The Morgan fingerprint density at radius 1 is 1.18 bits per heavy atom. The van der Waals surface area contributed by atoms with Crippen LogP contribution in [0.15, 0.2) is 77.5 Å². The zero-order valence-electron chi connectivity index (χ0n) is 18.7. The van der Waals surface area contributed by atoms with Gasteiger partial charge in [0.25, 0.3) is 5.91 Å². The fraction of sp³-hybridized carbons (Fsp3) is 0.200. The predicted molar refractivity (Wildman–Crippen MR) is 123 cm³/mol. The number of ether oxygens (including phenoxy) is 1. The van der Waals surface area contributed by atoms with Gasteiger partial charge in [0.2, 0.25) is 0 Å². The molecule has 4 rings (SSSR count). The van der Waals surface area contributed by atoms with Crippen LogP contribution in [-0.4, -0.2) is 48.3 Å². The number of halogens is 1. The van der Waals surface area contributed by atoms with E-state index in [1.807, 2.05) is 55.4 Å². The van der Waals surface area contributed by atoms with Crippen LogP contribution >= 0.6 is 0 Å². The first-order valence-electron chi connectivity index (χ1n) is 10.4. The standard InChI is InChI=1S/C25H25FN4O3/c1-29(2)22(23-8-5-13-33-23)15-27-25(31)21-16-30(19-11-9-18(26)10-12-19)28-24(21)17-6-4-7-20(14-17)32-3/h4-14,16,22H,15H2,1-3H3,(H,27,31). The molecule has 0 radical (unpaired) electrons. The quantitative estimate of drug-likeness (QED) is 0.435. The van der Waals surface area contributed by atoms with Crippen LogP contribution in [0.4, 0.5) is 4.39 Å². The lowest BCUT2D eigenvalue weighted by molar-refractivity contribution is 0.0939. The van der Waals surface area contributed by atoms with Crippen LogP contribution in [0.5, 0.6) is 5.75 Å². The van der Waals surface area contributed by atoms with Crippen molar-refractivity contribution >= 4 is 5.91 Å². The fourth-order valence-electron chi connectivity index (χ4n) is 3.55. The van der Waals surface area contributed by atoms with Crippen LogP contribution in [0.25, 0.3) is 16.9 Å². The topological polar surface area (TPSA) is 72.5 Å². The normalized spacial score (nSPS) is 12.0. The number of hydrogen-bond donors (Lipinski definition) is 1. The molecule has 4 aromatic rings. The summed E-state index contributed by atoms with van der Waals surface area (Å²) in [6.07, 6.45) is 3.26. The van der Waals surface area contributed by atoms with E-state index < -0.39 is 0 Å². The number of nitrogens with one attached hydrogen (secondary N) is 1. The van der Waals surface area contributed by atoms with Crippen molar-refractivity contribution in [3.05, 3.63) is 90.3 Å². The van der Waals surface area contributed by atoms with Gasteiger partial charge < -0.3 is 14.5 Å². The minimum absolute atomic E-state index is 0.128. The zero-order chi connectivity index (χ0) is 23.4. The smallest absolute Gasteiger partial charge is 0.255 e. The second kappa shape index (κ2) is 9.70. The molecule has 0 fully saturated rings. The Labute approximate surface area is 191 Å². The first-order valence-corrected chi connectivity index (χ1v) is 10.4. The summed E-state index contributed by atoms with van der Waals surface area (Å²) < 4.78 is 25.8. The van der Waals surface area contributed by atoms with Crippen molar-refractivity contribution < 1.29 is 18.3 Å². The monoisotopic (exact) mass is 448 g/mol. The lowest BCUT2D eigenvalue weighted by Gasteiger charge is -2.22. The van der Waals surface area contributed by atoms with E-state index >= 15 is 0 Å². The largest absolute Gasteiger partial charge is 0.497 e. The molecule has 33 heavy (non-hydrogen) atoms. The van der Waals surface area contributed by atoms with Gasteiger partial charge in [-0.05, 0) is 62.6 Å². The zero-order valence-corrected chi connectivity index (χ0v) is 18.7. The van der Waals surface area contributed by atoms with Gasteiger partial charge in [0, 0.05) is 18.3 Å². The molecule has 1 atom stereocenters. The van der Waals surface area contributed by atoms with Crippen LogP contribution < -0.4 is 10.1 Å². The van der Waals surface area contributed by atoms with E-state index in [4.69, 9.17) is 9.15 Å². The molecule has 7 nitrogen and oxygen atoms in total. The summed E-state index contributed by atoms with van der Waals surface area (Å²) in [7, 11) is 5.43. The number of rotatable bonds is 8. The van der Waals surface area contributed by atoms with E-state index in [1.165, 1.54) is 12.1 Å². The van der Waals surface area contributed by atoms with Gasteiger partial charge in [-0.3, -0.25) is 9.69 Å². The van der Waals surface area contributed by atoms with E-state index in [9.17, 15) is 9.18 Å². The van der Waals surface area contributed by atoms with Crippen LogP contribution in [-0.2, 0) is 0 Å². The number of hydrogen-bond acceptors (Lipinski definition) is 5. The van der Waals surface area contributed by atoms with E-state index in [-0.39, 0.29) is 17.8 Å². The molecule has 1 N–H and O–H groups in total. The first kappa shape index (κ1) is 22.3. The van der Waals surface area contributed by atoms with Gasteiger partial charge in [0.05, 0.1) is 30.7 Å². The molecule has 1 unspecified atom stereocenters. The maximum atomic E-state index is 13.4. The third-order valence-corrected chi connectivity index (χ3v) is 5.34. The van der Waals surface area contributed by atoms with Crippen molar-refractivity contribution in [3.8, 4) is 22.7 Å². The Bertz CT molecular complexity index is 1220. The molecule has 170 valence electrons. The Morgan fingerprint density at radius 3 is 2.64 bits per heavy atom. The molecule has 2 heterocycles. The highest BCUT2D eigenvalue weighted by molar-refractivity contribution is 6.00. The average molecular weight is 448 g/mol. The van der Waals surface area contributed by atoms with Crippen molar-refractivity contribution in [2.45, 2.75) is 6.04 Å². The summed E-state index contributed by atoms with van der Waals surface area (Å²) in [5.74, 6) is 0.792. The van der Waals surface area contributed by atoms with E-state index in [1.54, 1.807) is 36.4 Å². The second-order valence-electron chi connectivity index (χ2n) is 7.75. The van der Waals surface area contributed by atoms with Crippen molar-refractivity contribution in [2.75, 3.05) is 27.7 Å². The molecule has 8 heteroatoms. The minimum Gasteiger partial charge on any atom is -0.497 e. The Hall–Kier alpha value is -3.91. The van der Waals surface area contributed by atoms with E-state index in [2.05, 4.69) is 10.4 Å². The number of likely N-dealkylation sites (N-methyl/N-ethyl adjacent to an activating group) is 1. The third-order valence-electron chi connectivity index (χ3n) is 5.34. The van der Waals surface area contributed by atoms with Crippen molar-refractivity contribution in [1.82, 2.24) is 20.0 Å². The van der Waals surface area contributed by atoms with Crippen LogP contribution in [0.3, 0.4) is 0 Å². The van der Waals surface area contributed by atoms with Crippen LogP contribution in [0, 0.1) is 5.82 Å². The molecule has 0 bridgehead atoms. The lowest BCUT2D eigenvalue weighted by atomic mass is 10.1. The maximum absolute atomic E-state index is 13.4. The van der Waals surface area contributed by atoms with Crippen molar-refractivity contribution in [2.24, 2.45) is 0 Å². The van der Waals surface area contributed by atoms with Gasteiger partial charge in [-0.2, -0.15) is 5.10 Å². The van der Waals surface area contributed by atoms with Crippen molar-refractivity contribution in [3.63, 3.8) is 0 Å². The van der Waals surface area contributed by atoms with E-state index in [0.717, 1.165) is 11.3 Å². The molecule has 0 spiro atoms. The van der Waals surface area contributed by atoms with Gasteiger partial charge in [-0.1, -0.05) is 12.1 Å². The number of aromatic nitrogens is 2. The molecule has 1 amide bonds. The molecular weight excluding hydrogens is 423 g/mol. The Morgan fingerprint density at radius 2 is 1.97 bits per heavy atom. The number of carbonyl (C=O) groups is 1. The number of nitrogens with zero attached hydrogens (tertiary/aromatic N) is 3. The number of furan rings is 1. The number of benzene rings is 2.